The first-order valence-electron chi connectivity index (χ1n) is 8.94. The molecule has 2 rings (SSSR count). The van der Waals surface area contributed by atoms with E-state index < -0.39 is 5.97 Å². The van der Waals surface area contributed by atoms with Crippen molar-refractivity contribution in [2.75, 3.05) is 0 Å². The molecule has 0 heterocycles. The molecule has 27 heavy (non-hydrogen) atoms. The lowest BCUT2D eigenvalue weighted by atomic mass is 9.72. The van der Waals surface area contributed by atoms with Gasteiger partial charge in [0.2, 0.25) is 0 Å². The first kappa shape index (κ1) is 20.5. The number of ketones is 1. The molecular formula is C24H26O3. The monoisotopic (exact) mass is 362 g/mol. The van der Waals surface area contributed by atoms with Gasteiger partial charge in [0.15, 0.2) is 5.78 Å². The van der Waals surface area contributed by atoms with Crippen LogP contribution in [0.25, 0.3) is 0 Å². The number of aromatic carboxylic acids is 1. The van der Waals surface area contributed by atoms with Gasteiger partial charge in [-0.1, -0.05) is 53.4 Å². The van der Waals surface area contributed by atoms with E-state index in [1.807, 2.05) is 53.7 Å². The molecule has 1 aliphatic rings. The highest BCUT2D eigenvalue weighted by Crippen LogP contribution is 2.38. The van der Waals surface area contributed by atoms with Crippen LogP contribution in [0.1, 0.15) is 57.5 Å². The largest absolute Gasteiger partial charge is 0.478 e. The van der Waals surface area contributed by atoms with Gasteiger partial charge in [0.1, 0.15) is 0 Å². The molecule has 1 aromatic carbocycles. The first-order valence-corrected chi connectivity index (χ1v) is 8.94. The van der Waals surface area contributed by atoms with Crippen LogP contribution >= 0.6 is 0 Å². The molecule has 1 N–H and O–H groups in total. The van der Waals surface area contributed by atoms with Crippen LogP contribution in [-0.4, -0.2) is 16.9 Å². The van der Waals surface area contributed by atoms with Crippen molar-refractivity contribution in [3.8, 4) is 11.8 Å². The van der Waals surface area contributed by atoms with E-state index in [4.69, 9.17) is 5.11 Å². The number of hydrogen-bond donors (Lipinski definition) is 1. The first-order chi connectivity index (χ1) is 12.4. The predicted molar refractivity (Wildman–Crippen MR) is 108 cm³/mol. The molecule has 1 aromatic rings. The molecule has 0 fully saturated rings. The third-order valence-electron chi connectivity index (χ3n) is 4.31. The van der Waals surface area contributed by atoms with Gasteiger partial charge in [-0.05, 0) is 58.9 Å². The van der Waals surface area contributed by atoms with Crippen molar-refractivity contribution >= 4 is 11.8 Å². The number of carboxylic acid groups (broad SMARTS) is 1. The fourth-order valence-electron chi connectivity index (χ4n) is 2.75. The molecular weight excluding hydrogens is 336 g/mol. The van der Waals surface area contributed by atoms with Crippen LogP contribution < -0.4 is 0 Å². The highest BCUT2D eigenvalue weighted by molar-refractivity contribution is 6.11. The molecule has 0 atom stereocenters. The number of allylic oxidation sites excluding steroid dienone is 6. The van der Waals surface area contributed by atoms with E-state index in [0.29, 0.717) is 0 Å². The Balaban J connectivity index is 2.40. The minimum Gasteiger partial charge on any atom is -0.478 e. The number of rotatable bonds is 1. The van der Waals surface area contributed by atoms with Gasteiger partial charge in [0.05, 0.1) is 5.56 Å². The lowest BCUT2D eigenvalue weighted by molar-refractivity contribution is -0.114. The number of carbonyl (C=O) groups excluding carboxylic acids is 1. The maximum Gasteiger partial charge on any atom is 0.335 e. The Kier molecular flexibility index (Phi) is 5.61. The van der Waals surface area contributed by atoms with E-state index >= 15 is 0 Å². The van der Waals surface area contributed by atoms with E-state index in [1.165, 1.54) is 12.1 Å². The quantitative estimate of drug-likeness (QED) is 0.700. The molecule has 1 aliphatic carbocycles. The van der Waals surface area contributed by atoms with Gasteiger partial charge in [-0.25, -0.2) is 4.79 Å². The van der Waals surface area contributed by atoms with Crippen LogP contribution in [0.15, 0.2) is 59.2 Å². The van der Waals surface area contributed by atoms with Crippen LogP contribution in [0.5, 0.6) is 0 Å². The van der Waals surface area contributed by atoms with Crippen molar-refractivity contribution in [3.05, 3.63) is 70.3 Å². The van der Waals surface area contributed by atoms with Crippen molar-refractivity contribution in [1.29, 1.82) is 0 Å². The lowest BCUT2D eigenvalue weighted by Gasteiger charge is -2.31. The Morgan fingerprint density at radius 1 is 0.926 bits per heavy atom. The Labute approximate surface area is 161 Å². The number of hydrogen-bond acceptors (Lipinski definition) is 2. The maximum absolute atomic E-state index is 12.9. The van der Waals surface area contributed by atoms with Crippen LogP contribution in [-0.2, 0) is 4.79 Å². The van der Waals surface area contributed by atoms with Gasteiger partial charge < -0.3 is 5.11 Å². The Bertz CT molecular complexity index is 877. The SMILES string of the molecule is CC(C)(C)C1=CC(=CC#Cc2ccc(C(=O)O)cc2)C=C(C(C)(C)C)C1=O. The van der Waals surface area contributed by atoms with Crippen LogP contribution in [0.2, 0.25) is 0 Å². The predicted octanol–water partition coefficient (Wildman–Crippen LogP) is 5.19. The lowest BCUT2D eigenvalue weighted by Crippen LogP contribution is -2.27. The third-order valence-corrected chi connectivity index (χ3v) is 4.31. The highest BCUT2D eigenvalue weighted by Gasteiger charge is 2.33. The Hall–Kier alpha value is -2.86. The van der Waals surface area contributed by atoms with Crippen molar-refractivity contribution in [2.24, 2.45) is 10.8 Å². The summed E-state index contributed by atoms with van der Waals surface area (Å²) in [6.45, 7) is 12.2. The summed E-state index contributed by atoms with van der Waals surface area (Å²) < 4.78 is 0. The molecule has 0 unspecified atom stereocenters. The van der Waals surface area contributed by atoms with Crippen LogP contribution in [0, 0.1) is 22.7 Å². The highest BCUT2D eigenvalue weighted by atomic mass is 16.4. The number of carboxylic acids is 1. The fourth-order valence-corrected chi connectivity index (χ4v) is 2.75. The summed E-state index contributed by atoms with van der Waals surface area (Å²) in [5.74, 6) is 5.18. The number of carbonyl (C=O) groups is 2. The van der Waals surface area contributed by atoms with Crippen LogP contribution in [0.4, 0.5) is 0 Å². The molecule has 0 saturated heterocycles. The fraction of sp³-hybridized carbons (Fsp3) is 0.333. The topological polar surface area (TPSA) is 54.4 Å². The second-order valence-electron chi connectivity index (χ2n) is 8.74. The average Bonchev–Trinajstić information content (AvgIpc) is 2.54. The van der Waals surface area contributed by atoms with Crippen LogP contribution in [0.3, 0.4) is 0 Å². The summed E-state index contributed by atoms with van der Waals surface area (Å²) >= 11 is 0. The smallest absolute Gasteiger partial charge is 0.335 e. The number of benzene rings is 1. The summed E-state index contributed by atoms with van der Waals surface area (Å²) in [5, 5.41) is 8.94. The summed E-state index contributed by atoms with van der Waals surface area (Å²) in [4.78, 5) is 23.8. The zero-order chi connectivity index (χ0) is 20.4. The van der Waals surface area contributed by atoms with Crippen molar-refractivity contribution in [1.82, 2.24) is 0 Å². The summed E-state index contributed by atoms with van der Waals surface area (Å²) in [7, 11) is 0. The molecule has 0 spiro atoms. The van der Waals surface area contributed by atoms with Gasteiger partial charge in [-0.15, -0.1) is 0 Å². The molecule has 0 bridgehead atoms. The third kappa shape index (κ3) is 5.08. The van der Waals surface area contributed by atoms with Crippen molar-refractivity contribution < 1.29 is 14.7 Å². The van der Waals surface area contributed by atoms with E-state index in [0.717, 1.165) is 22.3 Å². The summed E-state index contributed by atoms with van der Waals surface area (Å²) in [6, 6.07) is 6.44. The normalized spacial score (nSPS) is 14.7. The molecule has 0 amide bonds. The Morgan fingerprint density at radius 3 is 1.81 bits per heavy atom. The Morgan fingerprint density at radius 2 is 1.41 bits per heavy atom. The second kappa shape index (κ2) is 7.40. The summed E-state index contributed by atoms with van der Waals surface area (Å²) in [5.41, 5.74) is 2.95. The van der Waals surface area contributed by atoms with E-state index in [-0.39, 0.29) is 22.2 Å². The van der Waals surface area contributed by atoms with Gasteiger partial charge in [0.25, 0.3) is 0 Å². The molecule has 0 aromatic heterocycles. The minimum atomic E-state index is -0.955. The zero-order valence-corrected chi connectivity index (χ0v) is 16.8. The summed E-state index contributed by atoms with van der Waals surface area (Å²) in [6.07, 6.45) is 5.63. The maximum atomic E-state index is 12.9. The molecule has 3 nitrogen and oxygen atoms in total. The standard InChI is InChI=1S/C24H26O3/c1-23(2,3)19-14-17(15-20(21(19)25)24(4,5)6)9-7-8-16-10-12-18(13-11-16)22(26)27/h9-15H,1-6H3,(H,26,27). The molecule has 3 heteroatoms. The number of Topliss-reactive ketones (excluding diaryl/α,β-unsaturated/α-hetero) is 1. The molecule has 140 valence electrons. The van der Waals surface area contributed by atoms with Crippen molar-refractivity contribution in [2.45, 2.75) is 41.5 Å². The van der Waals surface area contributed by atoms with E-state index in [2.05, 4.69) is 11.8 Å². The van der Waals surface area contributed by atoms with E-state index in [1.54, 1.807) is 18.2 Å². The van der Waals surface area contributed by atoms with Gasteiger partial charge in [0, 0.05) is 16.7 Å². The second-order valence-corrected chi connectivity index (χ2v) is 8.74. The van der Waals surface area contributed by atoms with Gasteiger partial charge in [-0.2, -0.15) is 0 Å². The van der Waals surface area contributed by atoms with Gasteiger partial charge >= 0.3 is 5.97 Å². The van der Waals surface area contributed by atoms with Gasteiger partial charge in [-0.3, -0.25) is 4.79 Å². The minimum absolute atomic E-state index is 0.101. The van der Waals surface area contributed by atoms with E-state index in [9.17, 15) is 9.59 Å². The molecule has 0 aliphatic heterocycles. The molecule has 0 radical (unpaired) electrons. The van der Waals surface area contributed by atoms with Crippen molar-refractivity contribution in [3.63, 3.8) is 0 Å². The zero-order valence-electron chi connectivity index (χ0n) is 16.8. The molecule has 0 saturated carbocycles. The average molecular weight is 362 g/mol.